The number of hydrogen-bond acceptors (Lipinski definition) is 4. The highest BCUT2D eigenvalue weighted by molar-refractivity contribution is 6.32. The van der Waals surface area contributed by atoms with E-state index in [0.717, 1.165) is 23.7 Å². The van der Waals surface area contributed by atoms with Crippen molar-refractivity contribution in [3.8, 4) is 0 Å². The van der Waals surface area contributed by atoms with Gasteiger partial charge < -0.3 is 16.0 Å². The van der Waals surface area contributed by atoms with Crippen molar-refractivity contribution in [1.82, 2.24) is 10.3 Å². The molecule has 0 saturated carbocycles. The summed E-state index contributed by atoms with van der Waals surface area (Å²) in [6, 6.07) is 10.3. The Labute approximate surface area is 177 Å². The molecule has 156 valence electrons. The van der Waals surface area contributed by atoms with Gasteiger partial charge in [-0.1, -0.05) is 17.6 Å². The first-order chi connectivity index (χ1) is 14.8. The number of benzene rings is 2. The van der Waals surface area contributed by atoms with E-state index in [-0.39, 0.29) is 34.0 Å². The Bertz CT molecular complexity index is 1170. The summed E-state index contributed by atoms with van der Waals surface area (Å²) >= 11 is 0. The maximum atomic E-state index is 14.4. The number of amidine groups is 1. The highest BCUT2D eigenvalue weighted by Gasteiger charge is 2.19. The van der Waals surface area contributed by atoms with Gasteiger partial charge in [-0.05, 0) is 36.4 Å². The van der Waals surface area contributed by atoms with Gasteiger partial charge in [0, 0.05) is 18.8 Å². The molecular weight excluding hydrogens is 403 g/mol. The third-order valence-corrected chi connectivity index (χ3v) is 4.38. The van der Waals surface area contributed by atoms with Crippen molar-refractivity contribution >= 4 is 42.5 Å². The van der Waals surface area contributed by atoms with Crippen LogP contribution in [0.2, 0.25) is 0 Å². The molecule has 2 aromatic carbocycles. The highest BCUT2D eigenvalue weighted by atomic mass is 19.1. The molecule has 10 heteroatoms. The van der Waals surface area contributed by atoms with E-state index in [9.17, 15) is 18.4 Å². The summed E-state index contributed by atoms with van der Waals surface area (Å²) in [5.74, 6) is -2.79. The van der Waals surface area contributed by atoms with Crippen LogP contribution in [0, 0.1) is 17.0 Å². The van der Waals surface area contributed by atoms with Crippen LogP contribution < -0.4 is 21.4 Å². The molecule has 0 radical (unpaired) electrons. The molecule has 0 aliphatic carbocycles. The fraction of sp³-hybridized carbons (Fsp3) is 0.0476. The normalized spacial score (nSPS) is 10.3. The van der Waals surface area contributed by atoms with Gasteiger partial charge in [-0.25, -0.2) is 13.8 Å². The number of carbonyl (C=O) groups excluding carboxylic acids is 2. The van der Waals surface area contributed by atoms with Gasteiger partial charge in [0.2, 0.25) is 0 Å². The van der Waals surface area contributed by atoms with Crippen molar-refractivity contribution in [1.29, 1.82) is 5.41 Å². The Morgan fingerprint density at radius 1 is 0.968 bits per heavy atom. The minimum absolute atomic E-state index is 0.00227. The molecule has 31 heavy (non-hydrogen) atoms. The number of rotatable bonds is 5. The second kappa shape index (κ2) is 9.16. The second-order valence-electron chi connectivity index (χ2n) is 6.64. The fourth-order valence-electron chi connectivity index (χ4n) is 2.73. The van der Waals surface area contributed by atoms with Gasteiger partial charge in [0.15, 0.2) is 0 Å². The number of nitrogens with one attached hydrogen (secondary N) is 4. The van der Waals surface area contributed by atoms with Crippen LogP contribution >= 0.6 is 0 Å². The van der Waals surface area contributed by atoms with Gasteiger partial charge >= 0.3 is 0 Å². The van der Waals surface area contributed by atoms with E-state index in [2.05, 4.69) is 20.9 Å². The van der Waals surface area contributed by atoms with E-state index in [1.807, 2.05) is 7.85 Å². The molecule has 4 N–H and O–H groups in total. The lowest BCUT2D eigenvalue weighted by Crippen LogP contribution is -2.21. The SMILES string of the molecule is Bc1ccc(NC(=O)c2cc(F)ccc2NC(=O)c2ccc(C(=N)NC)cc2F)nc1. The van der Waals surface area contributed by atoms with E-state index in [4.69, 9.17) is 5.41 Å². The summed E-state index contributed by atoms with van der Waals surface area (Å²) in [5.41, 5.74) is 0.731. The van der Waals surface area contributed by atoms with E-state index in [1.54, 1.807) is 18.3 Å². The minimum Gasteiger partial charge on any atom is -0.373 e. The molecule has 0 saturated heterocycles. The predicted molar refractivity (Wildman–Crippen MR) is 117 cm³/mol. The molecule has 7 nitrogen and oxygen atoms in total. The number of anilines is 2. The van der Waals surface area contributed by atoms with E-state index >= 15 is 0 Å². The second-order valence-corrected chi connectivity index (χ2v) is 6.64. The maximum absolute atomic E-state index is 14.4. The lowest BCUT2D eigenvalue weighted by molar-refractivity contribution is 0.102. The smallest absolute Gasteiger partial charge is 0.259 e. The molecule has 1 aromatic heterocycles. The fourth-order valence-corrected chi connectivity index (χ4v) is 2.73. The molecule has 0 bridgehead atoms. The van der Waals surface area contributed by atoms with Crippen molar-refractivity contribution in [3.05, 3.63) is 83.1 Å². The maximum Gasteiger partial charge on any atom is 0.259 e. The van der Waals surface area contributed by atoms with Gasteiger partial charge in [-0.2, -0.15) is 0 Å². The van der Waals surface area contributed by atoms with Crippen LogP contribution in [-0.2, 0) is 0 Å². The van der Waals surface area contributed by atoms with Crippen molar-refractivity contribution < 1.29 is 18.4 Å². The van der Waals surface area contributed by atoms with Crippen LogP contribution in [-0.4, -0.2) is 37.5 Å². The van der Waals surface area contributed by atoms with Gasteiger partial charge in [0.25, 0.3) is 11.8 Å². The zero-order valence-electron chi connectivity index (χ0n) is 16.7. The molecule has 0 atom stereocenters. The van der Waals surface area contributed by atoms with Gasteiger partial charge in [-0.15, -0.1) is 0 Å². The zero-order valence-corrected chi connectivity index (χ0v) is 16.7. The Morgan fingerprint density at radius 3 is 2.35 bits per heavy atom. The van der Waals surface area contributed by atoms with Crippen molar-refractivity contribution in [2.45, 2.75) is 0 Å². The Hall–Kier alpha value is -4.08. The Balaban J connectivity index is 1.85. The van der Waals surface area contributed by atoms with Gasteiger partial charge in [-0.3, -0.25) is 15.0 Å². The van der Waals surface area contributed by atoms with Crippen molar-refractivity contribution in [2.24, 2.45) is 0 Å². The summed E-state index contributed by atoms with van der Waals surface area (Å²) < 4.78 is 28.2. The lowest BCUT2D eigenvalue weighted by Gasteiger charge is -2.12. The predicted octanol–water partition coefficient (Wildman–Crippen LogP) is 1.67. The van der Waals surface area contributed by atoms with E-state index < -0.39 is 23.4 Å². The quantitative estimate of drug-likeness (QED) is 0.286. The van der Waals surface area contributed by atoms with E-state index in [0.29, 0.717) is 0 Å². The third kappa shape index (κ3) is 5.10. The molecule has 0 aliphatic rings. The van der Waals surface area contributed by atoms with Crippen LogP contribution in [0.3, 0.4) is 0 Å². The summed E-state index contributed by atoms with van der Waals surface area (Å²) in [5, 5.41) is 15.2. The van der Waals surface area contributed by atoms with Crippen LogP contribution in [0.4, 0.5) is 20.3 Å². The van der Waals surface area contributed by atoms with Crippen LogP contribution in [0.25, 0.3) is 0 Å². The van der Waals surface area contributed by atoms with Crippen molar-refractivity contribution in [2.75, 3.05) is 17.7 Å². The number of pyridine rings is 1. The van der Waals surface area contributed by atoms with Crippen LogP contribution in [0.1, 0.15) is 26.3 Å². The molecule has 3 rings (SSSR count). The number of nitrogens with zero attached hydrogens (tertiary/aromatic N) is 1. The van der Waals surface area contributed by atoms with E-state index in [1.165, 1.54) is 25.2 Å². The number of halogens is 2. The molecule has 3 aromatic rings. The summed E-state index contributed by atoms with van der Waals surface area (Å²) in [6.07, 6.45) is 1.56. The number of carbonyl (C=O) groups is 2. The molecule has 2 amide bonds. The standard InChI is InChI=1S/C21H18BF2N5O2/c1-26-19(25)11-2-5-14(16(24)8-11)20(30)28-17-6-4-13(23)9-15(17)21(31)29-18-7-3-12(22)10-27-18/h2-10H,22H2,1H3,(H2,25,26)(H,28,30)(H,27,29,31). The summed E-state index contributed by atoms with van der Waals surface area (Å²) in [6.45, 7) is 0. The molecule has 0 unspecified atom stereocenters. The topological polar surface area (TPSA) is 107 Å². The first-order valence-electron chi connectivity index (χ1n) is 9.19. The van der Waals surface area contributed by atoms with Gasteiger partial charge in [0.1, 0.15) is 31.1 Å². The Morgan fingerprint density at radius 2 is 1.71 bits per heavy atom. The van der Waals surface area contributed by atoms with Gasteiger partial charge in [0.05, 0.1) is 16.8 Å². The first kappa shape index (κ1) is 21.6. The molecule has 1 heterocycles. The number of amides is 2. The number of hydrogen-bond donors (Lipinski definition) is 4. The Kier molecular flexibility index (Phi) is 6.39. The molecule has 0 fully saturated rings. The van der Waals surface area contributed by atoms with Crippen LogP contribution in [0.5, 0.6) is 0 Å². The largest absolute Gasteiger partial charge is 0.373 e. The average molecular weight is 421 g/mol. The summed E-state index contributed by atoms with van der Waals surface area (Å²) in [4.78, 5) is 29.3. The molecule has 0 aliphatic heterocycles. The van der Waals surface area contributed by atoms with Crippen molar-refractivity contribution in [3.63, 3.8) is 0 Å². The average Bonchev–Trinajstić information content (AvgIpc) is 2.75. The summed E-state index contributed by atoms with van der Waals surface area (Å²) in [7, 11) is 3.36. The first-order valence-corrected chi connectivity index (χ1v) is 9.19. The zero-order chi connectivity index (χ0) is 22.5. The lowest BCUT2D eigenvalue weighted by atomic mass is 9.99. The highest BCUT2D eigenvalue weighted by Crippen LogP contribution is 2.21. The monoisotopic (exact) mass is 421 g/mol. The molecule has 0 spiro atoms. The minimum atomic E-state index is -0.841. The number of aromatic nitrogens is 1. The third-order valence-electron chi connectivity index (χ3n) is 4.38. The molecular formula is C21H18BF2N5O2. The van der Waals surface area contributed by atoms with Crippen LogP contribution in [0.15, 0.2) is 54.7 Å².